The summed E-state index contributed by atoms with van der Waals surface area (Å²) in [5.41, 5.74) is 3.64. The minimum Gasteiger partial charge on any atom is -0.340 e. The molecular weight excluding hydrogens is 210 g/mol. The van der Waals surface area contributed by atoms with Crippen molar-refractivity contribution < 1.29 is 0 Å². The fraction of sp³-hybridized carbons (Fsp3) is 0.143. The van der Waals surface area contributed by atoms with Crippen LogP contribution in [-0.2, 0) is 6.54 Å². The molecule has 3 nitrogen and oxygen atoms in total. The molecule has 17 heavy (non-hydrogen) atoms. The van der Waals surface area contributed by atoms with Crippen LogP contribution in [0.3, 0.4) is 0 Å². The predicted octanol–water partition coefficient (Wildman–Crippen LogP) is 2.79. The molecule has 2 aromatic heterocycles. The van der Waals surface area contributed by atoms with Gasteiger partial charge in [0, 0.05) is 29.2 Å². The molecule has 1 aromatic carbocycles. The van der Waals surface area contributed by atoms with E-state index in [9.17, 15) is 0 Å². The predicted molar refractivity (Wildman–Crippen MR) is 67.8 cm³/mol. The molecule has 0 atom stereocenters. The molecule has 3 aromatic rings. The van der Waals surface area contributed by atoms with Gasteiger partial charge in [0.1, 0.15) is 6.33 Å². The average molecular weight is 223 g/mol. The molecular formula is C14H13N3. The fourth-order valence-electron chi connectivity index (χ4n) is 2.15. The molecule has 0 spiro atoms. The maximum absolute atomic E-state index is 4.05. The van der Waals surface area contributed by atoms with Gasteiger partial charge in [0.15, 0.2) is 0 Å². The average Bonchev–Trinajstić information content (AvgIpc) is 2.68. The molecule has 0 saturated heterocycles. The van der Waals surface area contributed by atoms with Crippen LogP contribution in [-0.4, -0.2) is 14.5 Å². The quantitative estimate of drug-likeness (QED) is 0.668. The van der Waals surface area contributed by atoms with E-state index in [1.54, 1.807) is 6.33 Å². The molecule has 0 aliphatic rings. The lowest BCUT2D eigenvalue weighted by Crippen LogP contribution is -2.02. The van der Waals surface area contributed by atoms with Gasteiger partial charge in [-0.05, 0) is 24.4 Å². The van der Waals surface area contributed by atoms with Crippen LogP contribution in [0, 0.1) is 6.92 Å². The van der Waals surface area contributed by atoms with Crippen molar-refractivity contribution >= 4 is 10.9 Å². The molecule has 84 valence electrons. The lowest BCUT2D eigenvalue weighted by molar-refractivity contribution is 0.795. The molecule has 0 amide bonds. The summed E-state index contributed by atoms with van der Waals surface area (Å²) >= 11 is 0. The van der Waals surface area contributed by atoms with Crippen molar-refractivity contribution in [2.45, 2.75) is 13.5 Å². The van der Waals surface area contributed by atoms with E-state index in [0.717, 1.165) is 12.1 Å². The van der Waals surface area contributed by atoms with Crippen LogP contribution in [0.25, 0.3) is 10.9 Å². The van der Waals surface area contributed by atoms with Crippen LogP contribution in [0.1, 0.15) is 11.3 Å². The van der Waals surface area contributed by atoms with Gasteiger partial charge < -0.3 is 4.57 Å². The number of nitrogens with zero attached hydrogens (tertiary/aromatic N) is 3. The van der Waals surface area contributed by atoms with Crippen molar-refractivity contribution in [2.75, 3.05) is 0 Å². The van der Waals surface area contributed by atoms with Gasteiger partial charge in [0.2, 0.25) is 0 Å². The summed E-state index contributed by atoms with van der Waals surface area (Å²) in [5.74, 6) is 0. The molecule has 0 fully saturated rings. The molecule has 0 saturated carbocycles. The Morgan fingerprint density at radius 2 is 1.88 bits per heavy atom. The second-order valence-corrected chi connectivity index (χ2v) is 4.18. The number of para-hydroxylation sites is 1. The summed E-state index contributed by atoms with van der Waals surface area (Å²) in [4.78, 5) is 8.10. The van der Waals surface area contributed by atoms with Crippen LogP contribution in [0.4, 0.5) is 0 Å². The minimum atomic E-state index is 0.820. The van der Waals surface area contributed by atoms with Crippen molar-refractivity contribution in [3.8, 4) is 0 Å². The Balaban J connectivity index is 2.08. The summed E-state index contributed by atoms with van der Waals surface area (Å²) in [6.07, 6.45) is 5.28. The van der Waals surface area contributed by atoms with Gasteiger partial charge in [-0.15, -0.1) is 0 Å². The number of aromatic nitrogens is 3. The lowest BCUT2D eigenvalue weighted by Gasteiger charge is -2.07. The number of aryl methyl sites for hydroxylation is 1. The maximum atomic E-state index is 4.05. The highest BCUT2D eigenvalue weighted by Crippen LogP contribution is 2.20. The number of hydrogen-bond donors (Lipinski definition) is 0. The first-order valence-corrected chi connectivity index (χ1v) is 5.63. The van der Waals surface area contributed by atoms with Crippen molar-refractivity contribution in [2.24, 2.45) is 0 Å². The highest BCUT2D eigenvalue weighted by atomic mass is 15.0. The summed E-state index contributed by atoms with van der Waals surface area (Å²) in [6.45, 7) is 2.95. The summed E-state index contributed by atoms with van der Waals surface area (Å²) in [6, 6.07) is 10.6. The van der Waals surface area contributed by atoms with Crippen molar-refractivity contribution in [1.82, 2.24) is 14.5 Å². The van der Waals surface area contributed by atoms with Crippen LogP contribution in [0.5, 0.6) is 0 Å². The summed E-state index contributed by atoms with van der Waals surface area (Å²) in [7, 11) is 0. The van der Waals surface area contributed by atoms with E-state index < -0.39 is 0 Å². The fourth-order valence-corrected chi connectivity index (χ4v) is 2.15. The molecule has 2 heterocycles. The SMILES string of the molecule is Cc1cc2ccccc2n1Cc1cncnc1. The number of benzene rings is 1. The highest BCUT2D eigenvalue weighted by Gasteiger charge is 2.05. The van der Waals surface area contributed by atoms with E-state index in [-0.39, 0.29) is 0 Å². The molecule has 0 aliphatic heterocycles. The molecule has 3 rings (SSSR count). The Bertz CT molecular complexity index is 641. The molecule has 0 aliphatic carbocycles. The summed E-state index contributed by atoms with van der Waals surface area (Å²) in [5, 5.41) is 1.28. The third-order valence-corrected chi connectivity index (χ3v) is 2.97. The standard InChI is InChI=1S/C14H13N3/c1-11-6-13-4-2-3-5-14(13)17(11)9-12-7-15-10-16-8-12/h2-8,10H,9H2,1H3. The number of fused-ring (bicyclic) bond motifs is 1. The Morgan fingerprint density at radius 1 is 1.12 bits per heavy atom. The van der Waals surface area contributed by atoms with Crippen molar-refractivity contribution in [1.29, 1.82) is 0 Å². The third-order valence-electron chi connectivity index (χ3n) is 2.97. The molecule has 3 heteroatoms. The zero-order valence-electron chi connectivity index (χ0n) is 9.67. The van der Waals surface area contributed by atoms with Crippen molar-refractivity contribution in [3.63, 3.8) is 0 Å². The largest absolute Gasteiger partial charge is 0.340 e. The molecule has 0 unspecified atom stereocenters. The van der Waals surface area contributed by atoms with E-state index in [1.807, 2.05) is 12.4 Å². The minimum absolute atomic E-state index is 0.820. The molecule has 0 radical (unpaired) electrons. The van der Waals surface area contributed by atoms with Gasteiger partial charge in [0.25, 0.3) is 0 Å². The van der Waals surface area contributed by atoms with Crippen LogP contribution in [0.15, 0.2) is 49.1 Å². The van der Waals surface area contributed by atoms with Gasteiger partial charge in [-0.2, -0.15) is 0 Å². The smallest absolute Gasteiger partial charge is 0.115 e. The first-order valence-electron chi connectivity index (χ1n) is 5.63. The van der Waals surface area contributed by atoms with Gasteiger partial charge >= 0.3 is 0 Å². The van der Waals surface area contributed by atoms with E-state index in [2.05, 4.69) is 51.8 Å². The van der Waals surface area contributed by atoms with Gasteiger partial charge in [-0.1, -0.05) is 18.2 Å². The normalized spacial score (nSPS) is 10.9. The monoisotopic (exact) mass is 223 g/mol. The van der Waals surface area contributed by atoms with Gasteiger partial charge in [-0.25, -0.2) is 9.97 Å². The van der Waals surface area contributed by atoms with E-state index in [4.69, 9.17) is 0 Å². The lowest BCUT2D eigenvalue weighted by atomic mass is 10.2. The zero-order valence-corrected chi connectivity index (χ0v) is 9.67. The number of rotatable bonds is 2. The van der Waals surface area contributed by atoms with E-state index >= 15 is 0 Å². The second-order valence-electron chi connectivity index (χ2n) is 4.18. The summed E-state index contributed by atoms with van der Waals surface area (Å²) < 4.78 is 2.29. The maximum Gasteiger partial charge on any atom is 0.115 e. The van der Waals surface area contributed by atoms with Crippen LogP contribution < -0.4 is 0 Å². The molecule has 0 N–H and O–H groups in total. The van der Waals surface area contributed by atoms with Gasteiger partial charge in [0.05, 0.1) is 6.54 Å². The van der Waals surface area contributed by atoms with Crippen LogP contribution in [0.2, 0.25) is 0 Å². The van der Waals surface area contributed by atoms with Crippen LogP contribution >= 0.6 is 0 Å². The Hall–Kier alpha value is -2.16. The van der Waals surface area contributed by atoms with E-state index in [1.165, 1.54) is 16.6 Å². The molecule has 0 bridgehead atoms. The first kappa shape index (κ1) is 10.0. The second kappa shape index (κ2) is 4.01. The zero-order chi connectivity index (χ0) is 11.7. The topological polar surface area (TPSA) is 30.7 Å². The first-order chi connectivity index (χ1) is 8.34. The highest BCUT2D eigenvalue weighted by molar-refractivity contribution is 5.81. The Morgan fingerprint density at radius 3 is 2.71 bits per heavy atom. The third kappa shape index (κ3) is 1.80. The Labute approximate surface area is 99.8 Å². The van der Waals surface area contributed by atoms with Gasteiger partial charge in [-0.3, -0.25) is 0 Å². The number of hydrogen-bond acceptors (Lipinski definition) is 2. The Kier molecular flexibility index (Phi) is 2.37. The van der Waals surface area contributed by atoms with E-state index in [0.29, 0.717) is 0 Å². The van der Waals surface area contributed by atoms with Crippen molar-refractivity contribution in [3.05, 3.63) is 60.3 Å².